The van der Waals surface area contributed by atoms with Crippen LogP contribution in [-0.2, 0) is 18.7 Å². The van der Waals surface area contributed by atoms with Gasteiger partial charge in [0, 0.05) is 6.04 Å². The van der Waals surface area contributed by atoms with Gasteiger partial charge < -0.3 is 19.2 Å². The summed E-state index contributed by atoms with van der Waals surface area (Å²) >= 11 is 0. The molecule has 7 rings (SSSR count). The van der Waals surface area contributed by atoms with Crippen LogP contribution < -0.4 is 10.4 Å². The first-order valence-corrected chi connectivity index (χ1v) is 19.5. The van der Waals surface area contributed by atoms with Crippen LogP contribution in [0.2, 0.25) is 5.04 Å². The largest absolute Gasteiger partial charge is 0.508 e. The number of phenols is 1. The zero-order valence-corrected chi connectivity index (χ0v) is 29.2. The first kappa shape index (κ1) is 33.0. The van der Waals surface area contributed by atoms with Crippen LogP contribution >= 0.6 is 0 Å². The molecule has 0 unspecified atom stereocenters. The van der Waals surface area contributed by atoms with E-state index in [1.807, 2.05) is 12.1 Å². The molecule has 2 aliphatic heterocycles. The Kier molecular flexibility index (Phi) is 9.00. The van der Waals surface area contributed by atoms with Crippen molar-refractivity contribution in [1.29, 1.82) is 0 Å². The molecule has 250 valence electrons. The third-order valence-corrected chi connectivity index (χ3v) is 16.3. The number of amides is 2. The van der Waals surface area contributed by atoms with Gasteiger partial charge >= 0.3 is 7.12 Å². The highest BCUT2D eigenvalue weighted by molar-refractivity contribution is 6.99. The van der Waals surface area contributed by atoms with E-state index in [2.05, 4.69) is 69.3 Å². The molecule has 4 aliphatic rings. The van der Waals surface area contributed by atoms with Crippen molar-refractivity contribution in [3.05, 3.63) is 102 Å². The molecule has 3 aromatic rings. The fourth-order valence-electron chi connectivity index (χ4n) is 9.13. The first-order chi connectivity index (χ1) is 23.1. The van der Waals surface area contributed by atoms with Crippen molar-refractivity contribution in [2.75, 3.05) is 6.61 Å². The summed E-state index contributed by atoms with van der Waals surface area (Å²) in [6.07, 6.45) is 5.23. The van der Waals surface area contributed by atoms with Crippen LogP contribution in [0.4, 0.5) is 0 Å². The maximum atomic E-state index is 14.3. The highest BCUT2D eigenvalue weighted by Gasteiger charge is 2.59. The van der Waals surface area contributed by atoms with Gasteiger partial charge in [0.05, 0.1) is 24.5 Å². The number of rotatable bonds is 7. The van der Waals surface area contributed by atoms with E-state index in [4.69, 9.17) is 9.08 Å². The number of hydrogen-bond donors (Lipinski definition) is 2. The monoisotopic (exact) mass is 663 g/mol. The normalized spacial score (nSPS) is 25.3. The second-order valence-corrected chi connectivity index (χ2v) is 19.4. The van der Waals surface area contributed by atoms with Gasteiger partial charge in [-0.25, -0.2) is 0 Å². The summed E-state index contributed by atoms with van der Waals surface area (Å²) in [4.78, 5) is 30.2. The Morgan fingerprint density at radius 2 is 1.46 bits per heavy atom. The van der Waals surface area contributed by atoms with E-state index in [1.165, 1.54) is 0 Å². The number of nitrogens with zero attached hydrogens (tertiary/aromatic N) is 1. The summed E-state index contributed by atoms with van der Waals surface area (Å²) in [5.41, 5.74) is 2.40. The lowest BCUT2D eigenvalue weighted by molar-refractivity contribution is -0.143. The number of imide groups is 1. The van der Waals surface area contributed by atoms with Crippen molar-refractivity contribution in [2.24, 2.45) is 17.8 Å². The van der Waals surface area contributed by atoms with Crippen LogP contribution in [0.25, 0.3) is 0 Å². The maximum Gasteiger partial charge on any atom is 0.487 e. The Labute approximate surface area is 285 Å². The third-order valence-electron chi connectivity index (χ3n) is 11.3. The number of carbonyl (C=O) groups is 2. The number of carbonyl (C=O) groups excluding carboxylic acids is 2. The number of likely N-dealkylation sites (tertiary alicyclic amines) is 1. The summed E-state index contributed by atoms with van der Waals surface area (Å²) in [6, 6.07) is 27.7. The zero-order valence-electron chi connectivity index (χ0n) is 28.2. The van der Waals surface area contributed by atoms with Crippen LogP contribution in [0.3, 0.4) is 0 Å². The predicted molar refractivity (Wildman–Crippen MR) is 189 cm³/mol. The van der Waals surface area contributed by atoms with Crippen molar-refractivity contribution in [3.63, 3.8) is 0 Å². The average Bonchev–Trinajstić information content (AvgIpc) is 3.34. The Morgan fingerprint density at radius 3 is 2.04 bits per heavy atom. The maximum absolute atomic E-state index is 14.3. The van der Waals surface area contributed by atoms with Crippen molar-refractivity contribution < 1.29 is 28.8 Å². The van der Waals surface area contributed by atoms with Crippen molar-refractivity contribution in [3.8, 4) is 5.75 Å². The molecule has 0 aromatic heterocycles. The van der Waals surface area contributed by atoms with Crippen LogP contribution in [0, 0.1) is 17.8 Å². The van der Waals surface area contributed by atoms with Gasteiger partial charge in [0.15, 0.2) is 0 Å². The Balaban J connectivity index is 1.30. The molecule has 2 N–H and O–H groups in total. The SMILES string of the molecule is CC(C)(C)[Si](OCC1=C2B(O)O[C@H](c3ccc(O)cc3)C[C@H]2[C@H]2C(=O)N(C3CCCCC3)C(=O)[C@H]2C1)(c1ccccc1)c1ccccc1. The fourth-order valence-corrected chi connectivity index (χ4v) is 13.7. The van der Waals surface area contributed by atoms with Gasteiger partial charge in [-0.15, -0.1) is 0 Å². The molecule has 0 spiro atoms. The lowest BCUT2D eigenvalue weighted by atomic mass is 9.55. The Hall–Kier alpha value is -3.50. The summed E-state index contributed by atoms with van der Waals surface area (Å²) in [6.45, 7) is 6.94. The zero-order chi connectivity index (χ0) is 33.6. The number of benzene rings is 3. The van der Waals surface area contributed by atoms with E-state index in [0.29, 0.717) is 18.3 Å². The van der Waals surface area contributed by atoms with Gasteiger partial charge in [-0.1, -0.05) is 113 Å². The highest BCUT2D eigenvalue weighted by atomic mass is 28.4. The molecule has 2 aliphatic carbocycles. The number of aromatic hydroxyl groups is 1. The predicted octanol–water partition coefficient (Wildman–Crippen LogP) is 5.70. The van der Waals surface area contributed by atoms with Gasteiger partial charge in [0.25, 0.3) is 8.32 Å². The van der Waals surface area contributed by atoms with Crippen LogP contribution in [0.1, 0.15) is 77.4 Å². The fraction of sp³-hybridized carbons (Fsp3) is 0.436. The molecule has 4 atom stereocenters. The minimum absolute atomic E-state index is 0.0535. The van der Waals surface area contributed by atoms with Gasteiger partial charge in [-0.2, -0.15) is 0 Å². The Bertz CT molecular complexity index is 1630. The molecule has 7 nitrogen and oxygen atoms in total. The molecule has 3 fully saturated rings. The third kappa shape index (κ3) is 5.68. The van der Waals surface area contributed by atoms with Crippen molar-refractivity contribution >= 4 is 37.6 Å². The smallest absolute Gasteiger partial charge is 0.487 e. The van der Waals surface area contributed by atoms with E-state index < -0.39 is 33.4 Å². The molecule has 0 bridgehead atoms. The molecule has 1 saturated carbocycles. The molecule has 2 amide bonds. The van der Waals surface area contributed by atoms with Gasteiger partial charge in [-0.3, -0.25) is 14.5 Å². The summed E-state index contributed by atoms with van der Waals surface area (Å²) in [5.74, 6) is -1.41. The number of hydrogen-bond acceptors (Lipinski definition) is 6. The van der Waals surface area contributed by atoms with E-state index in [-0.39, 0.29) is 41.2 Å². The lowest BCUT2D eigenvalue weighted by Gasteiger charge is -2.45. The summed E-state index contributed by atoms with van der Waals surface area (Å²) in [7, 11) is -4.17. The Morgan fingerprint density at radius 1 is 0.854 bits per heavy atom. The standard InChI is InChI=1S/C39H46BNO6Si/c1-39(2,3)48(30-15-9-5-10-16-30,31-17-11-6-12-18-31)46-25-27-23-33-35(38(44)41(37(33)43)28-13-7-4-8-14-28)32-24-34(47-40(45)36(27)32)26-19-21-29(42)22-20-26/h5-6,9-12,15-22,28,32-35,42,45H,4,7-8,13-14,23-25H2,1-3H3/t32-,33-,34-,35+/m0/s1. The van der Waals surface area contributed by atoms with E-state index >= 15 is 0 Å². The molecule has 9 heteroatoms. The van der Waals surface area contributed by atoms with Crippen LogP contribution in [0.5, 0.6) is 5.75 Å². The highest BCUT2D eigenvalue weighted by Crippen LogP contribution is 2.52. The quantitative estimate of drug-likeness (QED) is 0.249. The molecule has 2 heterocycles. The second kappa shape index (κ2) is 13.1. The van der Waals surface area contributed by atoms with E-state index in [0.717, 1.165) is 53.6 Å². The van der Waals surface area contributed by atoms with Crippen LogP contribution in [-0.4, -0.2) is 54.9 Å². The minimum Gasteiger partial charge on any atom is -0.508 e. The number of fused-ring (bicyclic) bond motifs is 3. The molecule has 48 heavy (non-hydrogen) atoms. The summed E-state index contributed by atoms with van der Waals surface area (Å²) in [5, 5.41) is 23.8. The molecule has 2 saturated heterocycles. The number of allylic oxidation sites excluding steroid dienone is 1. The first-order valence-electron chi connectivity index (χ1n) is 17.6. The van der Waals surface area contributed by atoms with Gasteiger partial charge in [-0.05, 0) is 75.8 Å². The minimum atomic E-state index is -2.93. The number of phenolic OH excluding ortho intramolecular Hbond substituents is 1. The topological polar surface area (TPSA) is 96.3 Å². The van der Waals surface area contributed by atoms with E-state index in [1.54, 1.807) is 29.2 Å². The molecule has 3 aromatic carbocycles. The lowest BCUT2D eigenvalue weighted by Crippen LogP contribution is -2.66. The van der Waals surface area contributed by atoms with Gasteiger partial charge in [0.2, 0.25) is 11.8 Å². The van der Waals surface area contributed by atoms with E-state index in [9.17, 15) is 19.7 Å². The molecule has 0 radical (unpaired) electrons. The molecular formula is C39H46BNO6Si. The summed E-state index contributed by atoms with van der Waals surface area (Å²) < 4.78 is 13.7. The van der Waals surface area contributed by atoms with Gasteiger partial charge in [0.1, 0.15) is 5.75 Å². The van der Waals surface area contributed by atoms with Crippen molar-refractivity contribution in [2.45, 2.75) is 82.9 Å². The van der Waals surface area contributed by atoms with Crippen LogP contribution in [0.15, 0.2) is 96.0 Å². The molecular weight excluding hydrogens is 617 g/mol. The van der Waals surface area contributed by atoms with Crippen molar-refractivity contribution in [1.82, 2.24) is 4.90 Å². The average molecular weight is 664 g/mol. The second-order valence-electron chi connectivity index (χ2n) is 15.1.